The van der Waals surface area contributed by atoms with E-state index in [1.165, 1.54) is 0 Å². The van der Waals surface area contributed by atoms with Crippen molar-refractivity contribution in [2.75, 3.05) is 9.80 Å². The maximum absolute atomic E-state index is 9.78. The lowest BCUT2D eigenvalue weighted by molar-refractivity contribution is 0.770. The van der Waals surface area contributed by atoms with E-state index in [-0.39, 0.29) is 29.7 Å². The van der Waals surface area contributed by atoms with Gasteiger partial charge in [-0.25, -0.2) is 0 Å². The lowest BCUT2D eigenvalue weighted by Crippen LogP contribution is -2.28. The van der Waals surface area contributed by atoms with E-state index >= 15 is 0 Å². The number of anilines is 6. The second-order valence-electron chi connectivity index (χ2n) is 16.1. The topological polar surface area (TPSA) is 6.48 Å². The minimum Gasteiger partial charge on any atom is -0.310 e. The molecule has 10 aromatic carbocycles. The third-order valence-electron chi connectivity index (χ3n) is 12.6. The second kappa shape index (κ2) is 15.7. The number of para-hydroxylation sites is 3. The molecule has 1 unspecified atom stereocenters. The molecule has 11 aromatic rings. The van der Waals surface area contributed by atoms with Gasteiger partial charge in [-0.05, 0) is 136 Å². The largest absolute Gasteiger partial charge is 0.310 e. The highest BCUT2D eigenvalue weighted by molar-refractivity contribution is 7.25. The molecule has 12 rings (SSSR count). The van der Waals surface area contributed by atoms with Gasteiger partial charge in [0.25, 0.3) is 0 Å². The van der Waals surface area contributed by atoms with Crippen LogP contribution in [0.25, 0.3) is 42.4 Å². The van der Waals surface area contributed by atoms with Gasteiger partial charge in [0.1, 0.15) is 0 Å². The molecule has 0 fully saturated rings. The average Bonchev–Trinajstić information content (AvgIpc) is 3.92. The maximum atomic E-state index is 9.78. The highest BCUT2D eigenvalue weighted by Gasteiger charge is 2.47. The number of nitrogens with zero attached hydrogens (tertiary/aromatic N) is 2. The van der Waals surface area contributed by atoms with Crippen molar-refractivity contribution in [2.24, 2.45) is 0 Å². The molecule has 0 radical (unpaired) electrons. The van der Waals surface area contributed by atoms with Crippen LogP contribution in [0.15, 0.2) is 255 Å². The zero-order valence-electron chi connectivity index (χ0n) is 39.7. The minimum atomic E-state index is -1.34. The molecule has 1 heterocycles. The molecular formula is C61H42N2S. The third-order valence-corrected chi connectivity index (χ3v) is 13.7. The van der Waals surface area contributed by atoms with Gasteiger partial charge in [-0.3, -0.25) is 0 Å². The predicted octanol–water partition coefficient (Wildman–Crippen LogP) is 17.0. The maximum Gasteiger partial charge on any atom is 0.0713 e. The van der Waals surface area contributed by atoms with E-state index in [0.717, 1.165) is 93.2 Å². The van der Waals surface area contributed by atoms with Gasteiger partial charge in [0.05, 0.1) is 12.3 Å². The van der Waals surface area contributed by atoms with Crippen molar-refractivity contribution < 1.29 is 6.85 Å². The summed E-state index contributed by atoms with van der Waals surface area (Å²) in [5, 5.41) is 2.16. The fourth-order valence-corrected chi connectivity index (χ4v) is 10.9. The fraction of sp³-hybridized carbons (Fsp3) is 0.0164. The SMILES string of the molecule is [2H]c1c([2H])c([2H])c(C2(c3ccc4sc5ccccc5c4c3)c3ccc(N(c4ccccc4)c4ccccc4)cc3-c3cc(N(c4ccccc4)c4ccc(-c5ccccc5)cc4)ccc32)c([2H])c1[2H]. The van der Waals surface area contributed by atoms with Crippen LogP contribution in [0.4, 0.5) is 34.1 Å². The number of thiophene rings is 1. The highest BCUT2D eigenvalue weighted by atomic mass is 32.1. The summed E-state index contributed by atoms with van der Waals surface area (Å²) in [4.78, 5) is 4.50. The molecule has 0 spiro atoms. The van der Waals surface area contributed by atoms with Crippen molar-refractivity contribution in [1.82, 2.24) is 0 Å². The van der Waals surface area contributed by atoms with Gasteiger partial charge in [0.15, 0.2) is 0 Å². The van der Waals surface area contributed by atoms with E-state index in [4.69, 9.17) is 4.11 Å². The quantitative estimate of drug-likeness (QED) is 0.143. The summed E-state index contributed by atoms with van der Waals surface area (Å²) < 4.78 is 48.9. The normalized spacial score (nSPS) is 15.1. The number of hydrogen-bond acceptors (Lipinski definition) is 3. The Morgan fingerprint density at radius 1 is 0.344 bits per heavy atom. The van der Waals surface area contributed by atoms with Crippen molar-refractivity contribution >= 4 is 65.6 Å². The van der Waals surface area contributed by atoms with Crippen LogP contribution in [0.2, 0.25) is 0 Å². The van der Waals surface area contributed by atoms with Crippen molar-refractivity contribution in [1.29, 1.82) is 0 Å². The number of rotatable bonds is 9. The Morgan fingerprint density at radius 2 is 0.797 bits per heavy atom. The molecule has 0 N–H and O–H groups in total. The molecule has 3 heteroatoms. The fourth-order valence-electron chi connectivity index (χ4n) is 9.77. The molecule has 0 saturated carbocycles. The van der Waals surface area contributed by atoms with E-state index in [1.807, 2.05) is 60.7 Å². The van der Waals surface area contributed by atoms with Gasteiger partial charge in [0.2, 0.25) is 0 Å². The molecule has 302 valence electrons. The summed E-state index contributed by atoms with van der Waals surface area (Å²) in [6.45, 7) is 0. The highest BCUT2D eigenvalue weighted by Crippen LogP contribution is 2.59. The van der Waals surface area contributed by atoms with E-state index in [2.05, 4.69) is 174 Å². The molecular weight excluding hydrogens is 793 g/mol. The van der Waals surface area contributed by atoms with Gasteiger partial charge in [0, 0.05) is 54.3 Å². The van der Waals surface area contributed by atoms with Crippen LogP contribution in [0.1, 0.15) is 29.1 Å². The van der Waals surface area contributed by atoms with Crippen LogP contribution < -0.4 is 9.80 Å². The minimum absolute atomic E-state index is 0.215. The molecule has 0 amide bonds. The lowest BCUT2D eigenvalue weighted by Gasteiger charge is -2.34. The molecule has 2 nitrogen and oxygen atoms in total. The van der Waals surface area contributed by atoms with Crippen LogP contribution in [0.5, 0.6) is 0 Å². The summed E-state index contributed by atoms with van der Waals surface area (Å²) in [6, 6.07) is 76.0. The Labute approximate surface area is 385 Å². The smallest absolute Gasteiger partial charge is 0.0713 e. The first-order chi connectivity index (χ1) is 33.8. The van der Waals surface area contributed by atoms with Crippen LogP contribution in [0, 0.1) is 0 Å². The molecule has 1 aliphatic carbocycles. The summed E-state index contributed by atoms with van der Waals surface area (Å²) in [5.41, 5.74) is 11.1. The second-order valence-corrected chi connectivity index (χ2v) is 17.2. The van der Waals surface area contributed by atoms with Gasteiger partial charge in [-0.1, -0.05) is 164 Å². The van der Waals surface area contributed by atoms with Gasteiger partial charge >= 0.3 is 0 Å². The van der Waals surface area contributed by atoms with Crippen molar-refractivity contribution in [3.63, 3.8) is 0 Å². The predicted molar refractivity (Wildman–Crippen MR) is 271 cm³/mol. The molecule has 1 aromatic heterocycles. The van der Waals surface area contributed by atoms with Gasteiger partial charge in [-0.2, -0.15) is 0 Å². The Hall–Kier alpha value is -7.98. The van der Waals surface area contributed by atoms with E-state index in [1.54, 1.807) is 11.3 Å². The summed E-state index contributed by atoms with van der Waals surface area (Å²) in [6.07, 6.45) is 0. The Morgan fingerprint density at radius 3 is 1.36 bits per heavy atom. The average molecular weight is 840 g/mol. The van der Waals surface area contributed by atoms with Crippen molar-refractivity contribution in [3.8, 4) is 22.3 Å². The molecule has 1 aliphatic rings. The van der Waals surface area contributed by atoms with Crippen LogP contribution in [0.3, 0.4) is 0 Å². The van der Waals surface area contributed by atoms with E-state index in [9.17, 15) is 2.74 Å². The molecule has 0 saturated heterocycles. The van der Waals surface area contributed by atoms with Crippen LogP contribution in [-0.4, -0.2) is 0 Å². The number of hydrogen-bond donors (Lipinski definition) is 0. The third kappa shape index (κ3) is 6.24. The standard InChI is InChI=1S/C61H42N2S/c1-6-18-43(19-7-1)44-30-33-50(34-31-44)63(49-26-14-5-15-27-49)52-36-38-58-55(42-52)54-41-51(62(47-22-10-3-11-23-47)48-24-12-4-13-25-48)35-37-57(54)61(58,45-20-8-2-9-21-45)46-32-39-60-56(40-46)53-28-16-17-29-59(53)64-60/h1-42H/i2D,8D,9D,20D,21D. The summed E-state index contributed by atoms with van der Waals surface area (Å²) >= 11 is 1.72. The first-order valence-electron chi connectivity index (χ1n) is 24.0. The zero-order chi connectivity index (χ0) is 46.8. The Balaban J connectivity index is 1.17. The molecule has 64 heavy (non-hydrogen) atoms. The first kappa shape index (κ1) is 32.7. The monoisotopic (exact) mass is 839 g/mol. The van der Waals surface area contributed by atoms with Crippen LogP contribution >= 0.6 is 11.3 Å². The van der Waals surface area contributed by atoms with E-state index in [0.29, 0.717) is 0 Å². The van der Waals surface area contributed by atoms with Gasteiger partial charge < -0.3 is 9.80 Å². The zero-order valence-corrected chi connectivity index (χ0v) is 35.5. The lowest BCUT2D eigenvalue weighted by atomic mass is 9.67. The molecule has 0 aliphatic heterocycles. The number of fused-ring (bicyclic) bond motifs is 6. The molecule has 0 bridgehead atoms. The first-order valence-corrected chi connectivity index (χ1v) is 22.3. The summed E-state index contributed by atoms with van der Waals surface area (Å²) in [7, 11) is 0. The summed E-state index contributed by atoms with van der Waals surface area (Å²) in [5.74, 6) is 0. The van der Waals surface area contributed by atoms with Crippen molar-refractivity contribution in [3.05, 3.63) is 277 Å². The van der Waals surface area contributed by atoms with Crippen LogP contribution in [-0.2, 0) is 5.41 Å². The Kier molecular flexibility index (Phi) is 8.04. The number of benzene rings is 10. The van der Waals surface area contributed by atoms with Crippen molar-refractivity contribution in [2.45, 2.75) is 5.41 Å². The van der Waals surface area contributed by atoms with Gasteiger partial charge in [-0.15, -0.1) is 11.3 Å². The molecule has 1 atom stereocenters. The Bertz CT molecular complexity index is 3660. The van der Waals surface area contributed by atoms with E-state index < -0.39 is 11.5 Å².